The smallest absolute Gasteiger partial charge is 0.262 e. The normalized spacial score (nSPS) is 15.1. The zero-order valence-corrected chi connectivity index (χ0v) is 12.8. The van der Waals surface area contributed by atoms with Gasteiger partial charge in [0.15, 0.2) is 0 Å². The molecule has 2 rings (SSSR count). The van der Waals surface area contributed by atoms with Crippen LogP contribution in [0.3, 0.4) is 0 Å². The number of aliphatic hydroxyl groups is 1. The van der Waals surface area contributed by atoms with Crippen molar-refractivity contribution in [2.75, 3.05) is 0 Å². The van der Waals surface area contributed by atoms with Crippen molar-refractivity contribution in [3.8, 4) is 0 Å². The van der Waals surface area contributed by atoms with Crippen LogP contribution >= 0.6 is 11.3 Å². The van der Waals surface area contributed by atoms with Crippen LogP contribution < -0.4 is 5.56 Å². The summed E-state index contributed by atoms with van der Waals surface area (Å²) in [6, 6.07) is 0. The molecule has 0 aliphatic carbocycles. The molecule has 0 saturated carbocycles. The predicted octanol–water partition coefficient (Wildman–Crippen LogP) is 2.48. The second-order valence-electron chi connectivity index (χ2n) is 5.65. The second kappa shape index (κ2) is 4.72. The summed E-state index contributed by atoms with van der Waals surface area (Å²) in [4.78, 5) is 18.7. The average molecular weight is 280 g/mol. The van der Waals surface area contributed by atoms with Gasteiger partial charge in [-0.25, -0.2) is 4.98 Å². The average Bonchev–Trinajstić information content (AvgIpc) is 2.59. The van der Waals surface area contributed by atoms with Crippen LogP contribution in [0.15, 0.2) is 11.1 Å². The molecule has 0 bridgehead atoms. The lowest BCUT2D eigenvalue weighted by Gasteiger charge is -2.28. The van der Waals surface area contributed by atoms with E-state index >= 15 is 0 Å². The van der Waals surface area contributed by atoms with E-state index in [0.717, 1.165) is 15.3 Å². The summed E-state index contributed by atoms with van der Waals surface area (Å²) in [6.07, 6.45) is 1.54. The number of rotatable bonds is 3. The zero-order valence-electron chi connectivity index (χ0n) is 12.0. The largest absolute Gasteiger partial charge is 0.388 e. The maximum atomic E-state index is 12.5. The fraction of sp³-hybridized carbons (Fsp3) is 0.571. The molecule has 1 N–H and O–H groups in total. The molecule has 0 spiro atoms. The molecule has 0 aliphatic heterocycles. The van der Waals surface area contributed by atoms with E-state index in [0.29, 0.717) is 5.39 Å². The lowest BCUT2D eigenvalue weighted by Crippen LogP contribution is -2.39. The van der Waals surface area contributed by atoms with E-state index in [1.54, 1.807) is 6.92 Å². The number of aromatic nitrogens is 2. The van der Waals surface area contributed by atoms with Crippen molar-refractivity contribution >= 4 is 21.6 Å². The summed E-state index contributed by atoms with van der Waals surface area (Å²) in [5.41, 5.74) is 0.0156. The van der Waals surface area contributed by atoms with Gasteiger partial charge in [0.25, 0.3) is 5.56 Å². The molecule has 2 aromatic rings. The topological polar surface area (TPSA) is 55.1 Å². The van der Waals surface area contributed by atoms with E-state index in [-0.39, 0.29) is 18.0 Å². The second-order valence-corrected chi connectivity index (χ2v) is 6.86. The molecule has 1 unspecified atom stereocenters. The summed E-state index contributed by atoms with van der Waals surface area (Å²) in [7, 11) is 0. The highest BCUT2D eigenvalue weighted by atomic mass is 32.1. The molecular formula is C14H20N2O2S. The Morgan fingerprint density at radius 1 is 1.47 bits per heavy atom. The lowest BCUT2D eigenvalue weighted by atomic mass is 9.92. The minimum atomic E-state index is -0.918. The highest BCUT2D eigenvalue weighted by Crippen LogP contribution is 2.26. The van der Waals surface area contributed by atoms with Gasteiger partial charge in [-0.2, -0.15) is 0 Å². The summed E-state index contributed by atoms with van der Waals surface area (Å²) in [5.74, 6) is 0.0698. The Morgan fingerprint density at radius 2 is 2.11 bits per heavy atom. The van der Waals surface area contributed by atoms with E-state index in [1.807, 2.05) is 27.7 Å². The third-order valence-electron chi connectivity index (χ3n) is 3.89. The number of aryl methyl sites for hydroxylation is 2. The monoisotopic (exact) mass is 280 g/mol. The van der Waals surface area contributed by atoms with Crippen LogP contribution in [0, 0.1) is 19.8 Å². The van der Waals surface area contributed by atoms with Gasteiger partial charge in [-0.05, 0) is 32.3 Å². The van der Waals surface area contributed by atoms with Gasteiger partial charge in [-0.3, -0.25) is 9.36 Å². The van der Waals surface area contributed by atoms with Crippen LogP contribution in [0.4, 0.5) is 0 Å². The molecule has 2 heterocycles. The van der Waals surface area contributed by atoms with Crippen molar-refractivity contribution < 1.29 is 5.11 Å². The fourth-order valence-corrected chi connectivity index (χ4v) is 2.90. The third kappa shape index (κ3) is 2.44. The molecular weight excluding hydrogens is 260 g/mol. The molecule has 0 aliphatic rings. The maximum absolute atomic E-state index is 12.5. The van der Waals surface area contributed by atoms with Gasteiger partial charge in [0.2, 0.25) is 0 Å². The summed E-state index contributed by atoms with van der Waals surface area (Å²) >= 11 is 1.54. The van der Waals surface area contributed by atoms with E-state index in [2.05, 4.69) is 4.98 Å². The standard InChI is InChI=1S/C14H20N2O2S/c1-8(2)14(5,18)6-16-7-15-12-11(13(16)17)9(3)10(4)19-12/h7-8,18H,6H2,1-5H3. The Balaban J connectivity index is 2.55. The molecule has 0 amide bonds. The van der Waals surface area contributed by atoms with Gasteiger partial charge in [0.1, 0.15) is 4.83 Å². The summed E-state index contributed by atoms with van der Waals surface area (Å²) in [6.45, 7) is 9.84. The number of nitrogens with zero attached hydrogens (tertiary/aromatic N) is 2. The highest BCUT2D eigenvalue weighted by Gasteiger charge is 2.26. The minimum absolute atomic E-state index is 0.0622. The Morgan fingerprint density at radius 3 is 2.68 bits per heavy atom. The molecule has 0 fully saturated rings. The van der Waals surface area contributed by atoms with E-state index in [4.69, 9.17) is 0 Å². The van der Waals surface area contributed by atoms with Crippen molar-refractivity contribution in [3.05, 3.63) is 27.1 Å². The number of thiophene rings is 1. The van der Waals surface area contributed by atoms with Crippen LogP contribution in [-0.4, -0.2) is 20.3 Å². The number of hydrogen-bond acceptors (Lipinski definition) is 4. The van der Waals surface area contributed by atoms with E-state index in [1.165, 1.54) is 22.2 Å². The quantitative estimate of drug-likeness (QED) is 0.939. The summed E-state index contributed by atoms with van der Waals surface area (Å²) in [5, 5.41) is 11.0. The predicted molar refractivity (Wildman–Crippen MR) is 78.8 cm³/mol. The molecule has 0 radical (unpaired) electrons. The summed E-state index contributed by atoms with van der Waals surface area (Å²) < 4.78 is 1.52. The first-order valence-corrected chi connectivity index (χ1v) is 7.23. The van der Waals surface area contributed by atoms with Gasteiger partial charge in [0, 0.05) is 4.88 Å². The first-order chi connectivity index (χ1) is 8.74. The number of hydrogen-bond donors (Lipinski definition) is 1. The number of fused-ring (bicyclic) bond motifs is 1. The Bertz CT molecular complexity index is 668. The van der Waals surface area contributed by atoms with Crippen LogP contribution in [0.2, 0.25) is 0 Å². The Labute approximate surface area is 116 Å². The van der Waals surface area contributed by atoms with Crippen LogP contribution in [0.5, 0.6) is 0 Å². The molecule has 0 aromatic carbocycles. The van der Waals surface area contributed by atoms with Gasteiger partial charge in [-0.1, -0.05) is 13.8 Å². The molecule has 104 valence electrons. The fourth-order valence-electron chi connectivity index (χ4n) is 1.91. The van der Waals surface area contributed by atoms with Gasteiger partial charge >= 0.3 is 0 Å². The first kappa shape index (κ1) is 14.2. The van der Waals surface area contributed by atoms with Crippen molar-refractivity contribution in [3.63, 3.8) is 0 Å². The molecule has 0 saturated heterocycles. The van der Waals surface area contributed by atoms with E-state index < -0.39 is 5.60 Å². The first-order valence-electron chi connectivity index (χ1n) is 6.41. The Kier molecular flexibility index (Phi) is 3.53. The lowest BCUT2D eigenvalue weighted by molar-refractivity contribution is -0.00365. The SMILES string of the molecule is Cc1sc2ncn(CC(C)(O)C(C)C)c(=O)c2c1C. The van der Waals surface area contributed by atoms with Gasteiger partial charge < -0.3 is 5.11 Å². The maximum Gasteiger partial charge on any atom is 0.262 e. The van der Waals surface area contributed by atoms with Crippen LogP contribution in [-0.2, 0) is 6.54 Å². The van der Waals surface area contributed by atoms with Gasteiger partial charge in [-0.15, -0.1) is 11.3 Å². The van der Waals surface area contributed by atoms with Crippen LogP contribution in [0.1, 0.15) is 31.2 Å². The van der Waals surface area contributed by atoms with Crippen molar-refractivity contribution in [2.45, 2.75) is 46.8 Å². The molecule has 5 heteroatoms. The van der Waals surface area contributed by atoms with Crippen molar-refractivity contribution in [1.29, 1.82) is 0 Å². The van der Waals surface area contributed by atoms with Crippen LogP contribution in [0.25, 0.3) is 10.2 Å². The molecule has 4 nitrogen and oxygen atoms in total. The van der Waals surface area contributed by atoms with Crippen molar-refractivity contribution in [2.24, 2.45) is 5.92 Å². The minimum Gasteiger partial charge on any atom is -0.388 e. The molecule has 1 atom stereocenters. The Hall–Kier alpha value is -1.20. The zero-order chi connectivity index (χ0) is 14.4. The van der Waals surface area contributed by atoms with E-state index in [9.17, 15) is 9.90 Å². The van der Waals surface area contributed by atoms with Gasteiger partial charge in [0.05, 0.1) is 23.9 Å². The third-order valence-corrected chi connectivity index (χ3v) is 5.01. The highest BCUT2D eigenvalue weighted by molar-refractivity contribution is 7.18. The molecule has 2 aromatic heterocycles. The molecule has 19 heavy (non-hydrogen) atoms. The van der Waals surface area contributed by atoms with Crippen molar-refractivity contribution in [1.82, 2.24) is 9.55 Å².